The van der Waals surface area contributed by atoms with Crippen LogP contribution in [0.4, 0.5) is 0 Å². The monoisotopic (exact) mass is 217 g/mol. The van der Waals surface area contributed by atoms with Crippen LogP contribution in [0, 0.1) is 0 Å². The molecule has 16 heavy (non-hydrogen) atoms. The first-order chi connectivity index (χ1) is 7.81. The molecule has 0 aromatic heterocycles. The Kier molecular flexibility index (Phi) is 3.60. The van der Waals surface area contributed by atoms with Crippen molar-refractivity contribution in [1.29, 1.82) is 0 Å². The highest BCUT2D eigenvalue weighted by Gasteiger charge is 2.26. The Labute approximate surface area is 97.3 Å². The third-order valence-corrected chi connectivity index (χ3v) is 3.37. The first kappa shape index (κ1) is 11.2. The smallest absolute Gasteiger partial charge is 0.227 e. The number of carbonyl (C=O) groups is 1. The van der Waals surface area contributed by atoms with Crippen molar-refractivity contribution in [2.45, 2.75) is 38.6 Å². The summed E-state index contributed by atoms with van der Waals surface area (Å²) in [7, 11) is 0. The van der Waals surface area contributed by atoms with E-state index in [1.807, 2.05) is 30.3 Å². The zero-order chi connectivity index (χ0) is 11.4. The Morgan fingerprint density at radius 3 is 2.81 bits per heavy atom. The Balaban J connectivity index is 1.98. The van der Waals surface area contributed by atoms with Crippen LogP contribution >= 0.6 is 0 Å². The molecule has 1 fully saturated rings. The molecule has 1 atom stereocenters. The molecular formula is C14H19NO. The minimum Gasteiger partial charge on any atom is -0.339 e. The lowest BCUT2D eigenvalue weighted by Gasteiger charge is -2.23. The highest BCUT2D eigenvalue weighted by molar-refractivity contribution is 5.79. The second kappa shape index (κ2) is 5.15. The van der Waals surface area contributed by atoms with Crippen LogP contribution in [0.15, 0.2) is 30.3 Å². The summed E-state index contributed by atoms with van der Waals surface area (Å²) >= 11 is 0. The fraction of sp³-hybridized carbons (Fsp3) is 0.500. The molecule has 1 unspecified atom stereocenters. The molecule has 1 aliphatic heterocycles. The van der Waals surface area contributed by atoms with Crippen LogP contribution < -0.4 is 0 Å². The molecule has 0 spiro atoms. The van der Waals surface area contributed by atoms with E-state index >= 15 is 0 Å². The quantitative estimate of drug-likeness (QED) is 0.762. The van der Waals surface area contributed by atoms with Crippen LogP contribution in [-0.2, 0) is 11.2 Å². The topological polar surface area (TPSA) is 20.3 Å². The molecule has 1 aromatic rings. The van der Waals surface area contributed by atoms with E-state index in [2.05, 4.69) is 11.8 Å². The van der Waals surface area contributed by atoms with Crippen LogP contribution in [0.2, 0.25) is 0 Å². The third kappa shape index (κ3) is 2.43. The average molecular weight is 217 g/mol. The van der Waals surface area contributed by atoms with Gasteiger partial charge in [0.25, 0.3) is 0 Å². The van der Waals surface area contributed by atoms with Crippen molar-refractivity contribution in [2.75, 3.05) is 6.54 Å². The number of benzene rings is 1. The van der Waals surface area contributed by atoms with Gasteiger partial charge in [0.2, 0.25) is 5.91 Å². The highest BCUT2D eigenvalue weighted by atomic mass is 16.2. The van der Waals surface area contributed by atoms with Crippen molar-refractivity contribution in [3.8, 4) is 0 Å². The summed E-state index contributed by atoms with van der Waals surface area (Å²) < 4.78 is 0. The molecule has 2 nitrogen and oxygen atoms in total. The third-order valence-electron chi connectivity index (χ3n) is 3.37. The maximum Gasteiger partial charge on any atom is 0.227 e. The van der Waals surface area contributed by atoms with Gasteiger partial charge in [-0.05, 0) is 24.8 Å². The molecule has 86 valence electrons. The number of hydrogen-bond acceptors (Lipinski definition) is 1. The van der Waals surface area contributed by atoms with Crippen LogP contribution in [0.3, 0.4) is 0 Å². The van der Waals surface area contributed by atoms with Gasteiger partial charge in [-0.1, -0.05) is 37.3 Å². The average Bonchev–Trinajstić information content (AvgIpc) is 2.78. The molecule has 1 aliphatic rings. The van der Waals surface area contributed by atoms with E-state index < -0.39 is 0 Å². The molecule has 1 heterocycles. The maximum absolute atomic E-state index is 12.1. The van der Waals surface area contributed by atoms with Gasteiger partial charge >= 0.3 is 0 Å². The molecule has 0 radical (unpaired) electrons. The fourth-order valence-electron chi connectivity index (χ4n) is 2.46. The van der Waals surface area contributed by atoms with E-state index in [0.717, 1.165) is 18.5 Å². The predicted molar refractivity (Wildman–Crippen MR) is 65.2 cm³/mol. The van der Waals surface area contributed by atoms with Crippen molar-refractivity contribution in [1.82, 2.24) is 4.90 Å². The van der Waals surface area contributed by atoms with Gasteiger partial charge in [-0.25, -0.2) is 0 Å². The van der Waals surface area contributed by atoms with Gasteiger partial charge in [-0.3, -0.25) is 4.79 Å². The van der Waals surface area contributed by atoms with Gasteiger partial charge < -0.3 is 4.90 Å². The number of rotatable bonds is 3. The van der Waals surface area contributed by atoms with Gasteiger partial charge in [0.15, 0.2) is 0 Å². The molecular weight excluding hydrogens is 198 g/mol. The lowest BCUT2D eigenvalue weighted by atomic mass is 10.1. The molecule has 0 aliphatic carbocycles. The van der Waals surface area contributed by atoms with E-state index in [1.54, 1.807) is 0 Å². The van der Waals surface area contributed by atoms with E-state index in [4.69, 9.17) is 0 Å². The molecule has 0 N–H and O–H groups in total. The Bertz CT molecular complexity index is 347. The number of hydrogen-bond donors (Lipinski definition) is 0. The van der Waals surface area contributed by atoms with Crippen molar-refractivity contribution >= 4 is 5.91 Å². The molecule has 0 bridgehead atoms. The summed E-state index contributed by atoms with van der Waals surface area (Å²) in [6.45, 7) is 3.11. The second-order valence-corrected chi connectivity index (χ2v) is 4.45. The van der Waals surface area contributed by atoms with Gasteiger partial charge in [-0.2, -0.15) is 0 Å². The summed E-state index contributed by atoms with van der Waals surface area (Å²) in [5.41, 5.74) is 1.12. The fourth-order valence-corrected chi connectivity index (χ4v) is 2.46. The Morgan fingerprint density at radius 1 is 1.38 bits per heavy atom. The minimum absolute atomic E-state index is 0.288. The SMILES string of the molecule is CCC1CCCN1C(=O)Cc1ccccc1. The van der Waals surface area contributed by atoms with Crippen LogP contribution in [0.25, 0.3) is 0 Å². The molecule has 2 rings (SSSR count). The molecule has 1 saturated heterocycles. The summed E-state index contributed by atoms with van der Waals surface area (Å²) in [5, 5.41) is 0. The first-order valence-electron chi connectivity index (χ1n) is 6.14. The zero-order valence-electron chi connectivity index (χ0n) is 9.86. The van der Waals surface area contributed by atoms with Gasteiger partial charge in [0.1, 0.15) is 0 Å². The van der Waals surface area contributed by atoms with Crippen molar-refractivity contribution < 1.29 is 4.79 Å². The van der Waals surface area contributed by atoms with Crippen molar-refractivity contribution in [2.24, 2.45) is 0 Å². The summed E-state index contributed by atoms with van der Waals surface area (Å²) in [6.07, 6.45) is 3.98. The molecule has 1 amide bonds. The molecule has 1 aromatic carbocycles. The summed E-state index contributed by atoms with van der Waals surface area (Å²) in [4.78, 5) is 14.2. The van der Waals surface area contributed by atoms with Crippen LogP contribution in [0.5, 0.6) is 0 Å². The zero-order valence-corrected chi connectivity index (χ0v) is 9.86. The number of carbonyl (C=O) groups excluding carboxylic acids is 1. The van der Waals surface area contributed by atoms with Gasteiger partial charge in [-0.15, -0.1) is 0 Å². The summed E-state index contributed by atoms with van der Waals surface area (Å²) in [5.74, 6) is 0.288. The van der Waals surface area contributed by atoms with E-state index in [1.165, 1.54) is 12.8 Å². The lowest BCUT2D eigenvalue weighted by molar-refractivity contribution is -0.131. The number of amides is 1. The normalized spacial score (nSPS) is 20.1. The van der Waals surface area contributed by atoms with E-state index in [9.17, 15) is 4.79 Å². The largest absolute Gasteiger partial charge is 0.339 e. The lowest BCUT2D eigenvalue weighted by Crippen LogP contribution is -2.36. The minimum atomic E-state index is 0.288. The first-order valence-corrected chi connectivity index (χ1v) is 6.14. The van der Waals surface area contributed by atoms with Crippen molar-refractivity contribution in [3.05, 3.63) is 35.9 Å². The second-order valence-electron chi connectivity index (χ2n) is 4.45. The molecule has 0 saturated carbocycles. The van der Waals surface area contributed by atoms with E-state index in [0.29, 0.717) is 12.5 Å². The van der Waals surface area contributed by atoms with Gasteiger partial charge in [0, 0.05) is 12.6 Å². The maximum atomic E-state index is 12.1. The van der Waals surface area contributed by atoms with Crippen LogP contribution in [0.1, 0.15) is 31.7 Å². The molecule has 2 heteroatoms. The summed E-state index contributed by atoms with van der Waals surface area (Å²) in [6, 6.07) is 10.5. The number of nitrogens with zero attached hydrogens (tertiary/aromatic N) is 1. The number of likely N-dealkylation sites (tertiary alicyclic amines) is 1. The Morgan fingerprint density at radius 2 is 2.12 bits per heavy atom. The van der Waals surface area contributed by atoms with Gasteiger partial charge in [0.05, 0.1) is 6.42 Å². The highest BCUT2D eigenvalue weighted by Crippen LogP contribution is 2.20. The Hall–Kier alpha value is -1.31. The standard InChI is InChI=1S/C14H19NO/c1-2-13-9-6-10-15(13)14(16)11-12-7-4-3-5-8-12/h3-5,7-8,13H,2,6,9-11H2,1H3. The van der Waals surface area contributed by atoms with Crippen molar-refractivity contribution in [3.63, 3.8) is 0 Å². The van der Waals surface area contributed by atoms with E-state index in [-0.39, 0.29) is 5.91 Å². The predicted octanol–water partition coefficient (Wildman–Crippen LogP) is 2.63. The van der Waals surface area contributed by atoms with Crippen LogP contribution in [-0.4, -0.2) is 23.4 Å².